The van der Waals surface area contributed by atoms with Gasteiger partial charge in [0, 0.05) is 16.6 Å². The molecule has 0 aliphatic carbocycles. The maximum absolute atomic E-state index is 11.6. The molecule has 0 aromatic heterocycles. The van der Waals surface area contributed by atoms with E-state index in [1.54, 1.807) is 6.92 Å². The quantitative estimate of drug-likeness (QED) is 0.850. The predicted octanol–water partition coefficient (Wildman–Crippen LogP) is 3.04. The molecule has 0 unspecified atom stereocenters. The molecular weight excluding hydrogens is 298 g/mol. The molecule has 1 N–H and O–H groups in total. The molecule has 98 valence electrons. The van der Waals surface area contributed by atoms with Gasteiger partial charge in [0.15, 0.2) is 0 Å². The lowest BCUT2D eigenvalue weighted by molar-refractivity contribution is -0.144. The Kier molecular flexibility index (Phi) is 5.85. The summed E-state index contributed by atoms with van der Waals surface area (Å²) < 4.78 is 5.69. The second-order valence-electron chi connectivity index (χ2n) is 3.82. The summed E-state index contributed by atoms with van der Waals surface area (Å²) in [6.07, 6.45) is 0.233. The van der Waals surface area contributed by atoms with Gasteiger partial charge in [-0.25, -0.2) is 0 Å². The van der Waals surface area contributed by atoms with Crippen LogP contribution < -0.4 is 5.32 Å². The molecular formula is C13H16BrNO3. The van der Waals surface area contributed by atoms with E-state index in [9.17, 15) is 9.59 Å². The molecule has 1 aromatic rings. The number of halogens is 1. The first-order valence-corrected chi connectivity index (χ1v) is 6.54. The first-order valence-electron chi connectivity index (χ1n) is 5.74. The molecule has 1 aromatic carbocycles. The number of carbonyl (C=O) groups is 2. The molecule has 0 saturated carbocycles. The van der Waals surface area contributed by atoms with Gasteiger partial charge in [-0.05, 0) is 31.5 Å². The highest BCUT2D eigenvalue weighted by Gasteiger charge is 2.08. The number of benzene rings is 1. The van der Waals surface area contributed by atoms with Crippen LogP contribution in [0.4, 0.5) is 5.69 Å². The van der Waals surface area contributed by atoms with E-state index < -0.39 is 0 Å². The maximum atomic E-state index is 11.6. The monoisotopic (exact) mass is 313 g/mol. The maximum Gasteiger partial charge on any atom is 0.306 e. The highest BCUT2D eigenvalue weighted by Crippen LogP contribution is 2.20. The third kappa shape index (κ3) is 4.87. The minimum absolute atomic E-state index is 0.104. The molecule has 18 heavy (non-hydrogen) atoms. The third-order valence-corrected chi connectivity index (χ3v) is 3.17. The molecule has 4 nitrogen and oxygen atoms in total. The van der Waals surface area contributed by atoms with Gasteiger partial charge in [0.1, 0.15) is 0 Å². The zero-order valence-corrected chi connectivity index (χ0v) is 12.0. The summed E-state index contributed by atoms with van der Waals surface area (Å²) in [6.45, 7) is 4.05. The topological polar surface area (TPSA) is 55.4 Å². The van der Waals surface area contributed by atoms with Gasteiger partial charge in [-0.3, -0.25) is 9.59 Å². The van der Waals surface area contributed by atoms with Crippen molar-refractivity contribution in [3.05, 3.63) is 28.2 Å². The summed E-state index contributed by atoms with van der Waals surface area (Å²) in [5.41, 5.74) is 1.81. The van der Waals surface area contributed by atoms with Crippen LogP contribution in [0.25, 0.3) is 0 Å². The average Bonchev–Trinajstić information content (AvgIpc) is 2.32. The standard InChI is InChI=1S/C13H16BrNO3/c1-3-18-13(17)7-6-12(16)15-10-5-4-9(2)11(14)8-10/h4-5,8H,3,6-7H2,1-2H3,(H,15,16). The Bertz CT molecular complexity index is 446. The van der Waals surface area contributed by atoms with Crippen LogP contribution in [0.3, 0.4) is 0 Å². The first-order chi connectivity index (χ1) is 8.52. The Labute approximate surface area is 115 Å². The minimum Gasteiger partial charge on any atom is -0.466 e. The molecule has 1 amide bonds. The predicted molar refractivity (Wildman–Crippen MR) is 73.4 cm³/mol. The van der Waals surface area contributed by atoms with Crippen molar-refractivity contribution in [3.63, 3.8) is 0 Å². The third-order valence-electron chi connectivity index (χ3n) is 2.32. The van der Waals surface area contributed by atoms with Gasteiger partial charge in [0.25, 0.3) is 0 Å². The van der Waals surface area contributed by atoms with Crippen molar-refractivity contribution < 1.29 is 14.3 Å². The van der Waals surface area contributed by atoms with Gasteiger partial charge in [0.2, 0.25) is 5.91 Å². The van der Waals surface area contributed by atoms with Crippen molar-refractivity contribution in [2.24, 2.45) is 0 Å². The molecule has 0 radical (unpaired) electrons. The van der Waals surface area contributed by atoms with E-state index >= 15 is 0 Å². The largest absolute Gasteiger partial charge is 0.466 e. The molecule has 0 bridgehead atoms. The Balaban J connectivity index is 2.44. The molecule has 0 heterocycles. The van der Waals surface area contributed by atoms with Crippen molar-refractivity contribution in [2.75, 3.05) is 11.9 Å². The van der Waals surface area contributed by atoms with Crippen LogP contribution in [0.15, 0.2) is 22.7 Å². The van der Waals surface area contributed by atoms with Crippen molar-refractivity contribution in [3.8, 4) is 0 Å². The molecule has 0 fully saturated rings. The van der Waals surface area contributed by atoms with Crippen LogP contribution in [0, 0.1) is 6.92 Å². The van der Waals surface area contributed by atoms with E-state index in [0.717, 1.165) is 10.0 Å². The summed E-state index contributed by atoms with van der Waals surface area (Å²) in [5.74, 6) is -0.545. The van der Waals surface area contributed by atoms with Crippen LogP contribution in [0.5, 0.6) is 0 Å². The Morgan fingerprint density at radius 2 is 2.06 bits per heavy atom. The van der Waals surface area contributed by atoms with Gasteiger partial charge in [-0.1, -0.05) is 22.0 Å². The Hall–Kier alpha value is -1.36. The molecule has 0 saturated heterocycles. The summed E-state index contributed by atoms with van der Waals surface area (Å²) >= 11 is 3.39. The van der Waals surface area contributed by atoms with Gasteiger partial charge < -0.3 is 10.1 Å². The van der Waals surface area contributed by atoms with Gasteiger partial charge in [-0.2, -0.15) is 0 Å². The summed E-state index contributed by atoms with van der Waals surface area (Å²) in [6, 6.07) is 5.56. The number of amides is 1. The fraction of sp³-hybridized carbons (Fsp3) is 0.385. The van der Waals surface area contributed by atoms with E-state index in [4.69, 9.17) is 4.74 Å². The minimum atomic E-state index is -0.349. The Morgan fingerprint density at radius 1 is 1.33 bits per heavy atom. The lowest BCUT2D eigenvalue weighted by atomic mass is 10.2. The van der Waals surface area contributed by atoms with Crippen molar-refractivity contribution in [2.45, 2.75) is 26.7 Å². The zero-order valence-electron chi connectivity index (χ0n) is 10.5. The van der Waals surface area contributed by atoms with E-state index in [1.807, 2.05) is 25.1 Å². The molecule has 1 rings (SSSR count). The fourth-order valence-corrected chi connectivity index (χ4v) is 1.72. The van der Waals surface area contributed by atoms with Gasteiger partial charge in [0.05, 0.1) is 13.0 Å². The van der Waals surface area contributed by atoms with Crippen LogP contribution in [-0.2, 0) is 14.3 Å². The van der Waals surface area contributed by atoms with Crippen molar-refractivity contribution >= 4 is 33.5 Å². The lowest BCUT2D eigenvalue weighted by Gasteiger charge is -2.06. The van der Waals surface area contributed by atoms with Crippen LogP contribution >= 0.6 is 15.9 Å². The van der Waals surface area contributed by atoms with E-state index in [-0.39, 0.29) is 24.7 Å². The fourth-order valence-electron chi connectivity index (χ4n) is 1.34. The number of hydrogen-bond donors (Lipinski definition) is 1. The number of nitrogens with one attached hydrogen (secondary N) is 1. The molecule has 5 heteroatoms. The summed E-state index contributed by atoms with van der Waals surface area (Å²) in [7, 11) is 0. The lowest BCUT2D eigenvalue weighted by Crippen LogP contribution is -2.14. The average molecular weight is 314 g/mol. The number of anilines is 1. The zero-order chi connectivity index (χ0) is 13.5. The summed E-state index contributed by atoms with van der Waals surface area (Å²) in [4.78, 5) is 22.7. The van der Waals surface area contributed by atoms with Crippen molar-refractivity contribution in [1.82, 2.24) is 0 Å². The van der Waals surface area contributed by atoms with Crippen LogP contribution in [-0.4, -0.2) is 18.5 Å². The van der Waals surface area contributed by atoms with Gasteiger partial charge in [-0.15, -0.1) is 0 Å². The first kappa shape index (κ1) is 14.7. The number of aryl methyl sites for hydroxylation is 1. The molecule has 0 aliphatic rings. The molecule has 0 atom stereocenters. The SMILES string of the molecule is CCOC(=O)CCC(=O)Nc1ccc(C)c(Br)c1. The number of carbonyl (C=O) groups excluding carboxylic acids is 2. The second-order valence-corrected chi connectivity index (χ2v) is 4.67. The van der Waals surface area contributed by atoms with E-state index in [0.29, 0.717) is 12.3 Å². The van der Waals surface area contributed by atoms with E-state index in [1.165, 1.54) is 0 Å². The normalized spacial score (nSPS) is 9.94. The molecule has 0 aliphatic heterocycles. The van der Waals surface area contributed by atoms with Crippen LogP contribution in [0.1, 0.15) is 25.3 Å². The van der Waals surface area contributed by atoms with Crippen molar-refractivity contribution in [1.29, 1.82) is 0 Å². The van der Waals surface area contributed by atoms with E-state index in [2.05, 4.69) is 21.2 Å². The number of rotatable bonds is 5. The smallest absolute Gasteiger partial charge is 0.306 e. The van der Waals surface area contributed by atoms with Crippen LogP contribution in [0.2, 0.25) is 0 Å². The highest BCUT2D eigenvalue weighted by molar-refractivity contribution is 9.10. The molecule has 0 spiro atoms. The Morgan fingerprint density at radius 3 is 2.67 bits per heavy atom. The summed E-state index contributed by atoms with van der Waals surface area (Å²) in [5, 5.41) is 2.73. The second kappa shape index (κ2) is 7.16. The number of esters is 1. The number of ether oxygens (including phenoxy) is 1. The highest BCUT2D eigenvalue weighted by atomic mass is 79.9. The number of hydrogen-bond acceptors (Lipinski definition) is 3. The van der Waals surface area contributed by atoms with Gasteiger partial charge >= 0.3 is 5.97 Å².